The Morgan fingerprint density at radius 1 is 1.43 bits per heavy atom. The van der Waals surface area contributed by atoms with Crippen molar-refractivity contribution < 1.29 is 12.6 Å². The molecule has 2 N–H and O–H groups in total. The van der Waals surface area contributed by atoms with Crippen molar-refractivity contribution in [3.63, 3.8) is 0 Å². The van der Waals surface area contributed by atoms with Gasteiger partial charge in [0.25, 0.3) is 0 Å². The summed E-state index contributed by atoms with van der Waals surface area (Å²) in [5.41, 5.74) is 0.989. The second-order valence-corrected chi connectivity index (χ2v) is 4.83. The van der Waals surface area contributed by atoms with E-state index in [1.54, 1.807) is 0 Å². The molecule has 1 rings (SSSR count). The fourth-order valence-corrected chi connectivity index (χ4v) is 1.73. The van der Waals surface area contributed by atoms with Gasteiger partial charge < -0.3 is 0 Å². The molecule has 1 aromatic carbocycles. The van der Waals surface area contributed by atoms with E-state index in [9.17, 15) is 8.42 Å². The highest BCUT2D eigenvalue weighted by molar-refractivity contribution is 9.10. The monoisotopic (exact) mass is 279 g/mol. The SMILES string of the molecule is NS(=O)(=O)OCCc1cccc(Br)c1. The Balaban J connectivity index is 2.47. The molecule has 0 saturated carbocycles. The summed E-state index contributed by atoms with van der Waals surface area (Å²) in [5.74, 6) is 0. The van der Waals surface area contributed by atoms with Gasteiger partial charge in [0.05, 0.1) is 6.61 Å². The smallest absolute Gasteiger partial charge is 0.258 e. The molecule has 0 radical (unpaired) electrons. The molecule has 0 bridgehead atoms. The van der Waals surface area contributed by atoms with Crippen LogP contribution >= 0.6 is 15.9 Å². The van der Waals surface area contributed by atoms with E-state index in [0.29, 0.717) is 6.42 Å². The van der Waals surface area contributed by atoms with Crippen LogP contribution in [0.3, 0.4) is 0 Å². The summed E-state index contributed by atoms with van der Waals surface area (Å²) in [6, 6.07) is 7.55. The molecular formula is C8H10BrNO3S. The molecular weight excluding hydrogens is 270 g/mol. The largest absolute Gasteiger partial charge is 0.333 e. The van der Waals surface area contributed by atoms with Gasteiger partial charge in [0, 0.05) is 4.47 Å². The molecule has 0 aliphatic rings. The van der Waals surface area contributed by atoms with Gasteiger partial charge in [-0.15, -0.1) is 0 Å². The summed E-state index contributed by atoms with van der Waals surface area (Å²) in [6.07, 6.45) is 0.510. The van der Waals surface area contributed by atoms with Gasteiger partial charge in [-0.05, 0) is 24.1 Å². The molecule has 14 heavy (non-hydrogen) atoms. The Morgan fingerprint density at radius 3 is 2.71 bits per heavy atom. The van der Waals surface area contributed by atoms with Crippen LogP contribution < -0.4 is 5.14 Å². The van der Waals surface area contributed by atoms with Gasteiger partial charge in [0.1, 0.15) is 0 Å². The molecule has 0 fully saturated rings. The lowest BCUT2D eigenvalue weighted by molar-refractivity contribution is 0.323. The van der Waals surface area contributed by atoms with Crippen LogP contribution in [0.2, 0.25) is 0 Å². The molecule has 0 atom stereocenters. The Kier molecular flexibility index (Phi) is 4.06. The predicted molar refractivity (Wildman–Crippen MR) is 56.9 cm³/mol. The van der Waals surface area contributed by atoms with E-state index in [2.05, 4.69) is 25.3 Å². The minimum absolute atomic E-state index is 0.0648. The lowest BCUT2D eigenvalue weighted by atomic mass is 10.2. The van der Waals surface area contributed by atoms with Gasteiger partial charge >= 0.3 is 10.3 Å². The van der Waals surface area contributed by atoms with Crippen molar-refractivity contribution >= 4 is 26.2 Å². The minimum atomic E-state index is -3.82. The van der Waals surface area contributed by atoms with Crippen molar-refractivity contribution in [1.29, 1.82) is 0 Å². The van der Waals surface area contributed by atoms with Crippen molar-refractivity contribution in [2.24, 2.45) is 5.14 Å². The second-order valence-electron chi connectivity index (χ2n) is 2.69. The summed E-state index contributed by atoms with van der Waals surface area (Å²) >= 11 is 3.31. The van der Waals surface area contributed by atoms with E-state index in [-0.39, 0.29) is 6.61 Å². The summed E-state index contributed by atoms with van der Waals surface area (Å²) < 4.78 is 26.2. The van der Waals surface area contributed by atoms with Crippen LogP contribution in [-0.4, -0.2) is 15.0 Å². The summed E-state index contributed by atoms with van der Waals surface area (Å²) in [7, 11) is -3.82. The molecule has 0 spiro atoms. The second kappa shape index (κ2) is 4.88. The van der Waals surface area contributed by atoms with Crippen molar-refractivity contribution in [3.8, 4) is 0 Å². The van der Waals surface area contributed by atoms with E-state index in [1.807, 2.05) is 24.3 Å². The van der Waals surface area contributed by atoms with E-state index in [1.165, 1.54) is 0 Å². The zero-order valence-corrected chi connectivity index (χ0v) is 9.71. The number of benzene rings is 1. The zero-order valence-electron chi connectivity index (χ0n) is 7.31. The number of hydrogen-bond donors (Lipinski definition) is 1. The first-order chi connectivity index (χ1) is 6.47. The van der Waals surface area contributed by atoms with Gasteiger partial charge in [-0.1, -0.05) is 28.1 Å². The number of hydrogen-bond acceptors (Lipinski definition) is 3. The molecule has 0 amide bonds. The Morgan fingerprint density at radius 2 is 2.14 bits per heavy atom. The first-order valence-electron chi connectivity index (χ1n) is 3.89. The van der Waals surface area contributed by atoms with Crippen LogP contribution in [0.15, 0.2) is 28.7 Å². The Labute approximate surface area is 91.5 Å². The zero-order chi connectivity index (χ0) is 10.6. The maximum absolute atomic E-state index is 10.4. The molecule has 1 aromatic rings. The van der Waals surface area contributed by atoms with Crippen molar-refractivity contribution in [3.05, 3.63) is 34.3 Å². The molecule has 0 saturated heterocycles. The van der Waals surface area contributed by atoms with Crippen LogP contribution in [0.5, 0.6) is 0 Å². The number of nitrogens with two attached hydrogens (primary N) is 1. The van der Waals surface area contributed by atoms with E-state index in [0.717, 1.165) is 10.0 Å². The summed E-state index contributed by atoms with van der Waals surface area (Å²) in [4.78, 5) is 0. The molecule has 0 aromatic heterocycles. The number of rotatable bonds is 4. The van der Waals surface area contributed by atoms with Crippen LogP contribution in [0.25, 0.3) is 0 Å². The lowest BCUT2D eigenvalue weighted by Gasteiger charge is -2.01. The highest BCUT2D eigenvalue weighted by Crippen LogP contribution is 2.12. The average molecular weight is 280 g/mol. The summed E-state index contributed by atoms with van der Waals surface area (Å²) in [5, 5.41) is 4.67. The quantitative estimate of drug-likeness (QED) is 0.901. The van der Waals surface area contributed by atoms with Crippen LogP contribution in [0.4, 0.5) is 0 Å². The fraction of sp³-hybridized carbons (Fsp3) is 0.250. The fourth-order valence-electron chi connectivity index (χ4n) is 0.968. The van der Waals surface area contributed by atoms with Crippen LogP contribution in [-0.2, 0) is 20.9 Å². The highest BCUT2D eigenvalue weighted by Gasteiger charge is 2.01. The topological polar surface area (TPSA) is 69.4 Å². The van der Waals surface area contributed by atoms with Crippen LogP contribution in [0.1, 0.15) is 5.56 Å². The van der Waals surface area contributed by atoms with E-state index < -0.39 is 10.3 Å². The standard InChI is InChI=1S/C8H10BrNO3S/c9-8-3-1-2-7(6-8)4-5-13-14(10,11)12/h1-3,6H,4-5H2,(H2,10,11,12). The minimum Gasteiger partial charge on any atom is -0.258 e. The molecule has 6 heteroatoms. The van der Waals surface area contributed by atoms with Crippen molar-refractivity contribution in [1.82, 2.24) is 0 Å². The molecule has 0 aliphatic heterocycles. The van der Waals surface area contributed by atoms with Gasteiger partial charge in [-0.2, -0.15) is 8.42 Å². The lowest BCUT2D eigenvalue weighted by Crippen LogP contribution is -2.17. The Bertz CT molecular complexity index is 405. The summed E-state index contributed by atoms with van der Waals surface area (Å²) in [6.45, 7) is 0.0648. The van der Waals surface area contributed by atoms with Gasteiger partial charge in [-0.3, -0.25) is 4.18 Å². The first-order valence-corrected chi connectivity index (χ1v) is 6.15. The average Bonchev–Trinajstić information content (AvgIpc) is 2.01. The third-order valence-corrected chi connectivity index (χ3v) is 2.52. The third kappa shape index (κ3) is 4.71. The van der Waals surface area contributed by atoms with Crippen molar-refractivity contribution in [2.75, 3.05) is 6.61 Å². The number of halogens is 1. The van der Waals surface area contributed by atoms with E-state index >= 15 is 0 Å². The molecule has 78 valence electrons. The maximum Gasteiger partial charge on any atom is 0.333 e. The third-order valence-electron chi connectivity index (χ3n) is 1.53. The molecule has 0 aliphatic carbocycles. The molecule has 0 unspecified atom stereocenters. The molecule has 0 heterocycles. The predicted octanol–water partition coefficient (Wildman–Crippen LogP) is 1.21. The van der Waals surface area contributed by atoms with E-state index in [4.69, 9.17) is 0 Å². The maximum atomic E-state index is 10.4. The van der Waals surface area contributed by atoms with Gasteiger partial charge in [0.15, 0.2) is 0 Å². The molecule has 4 nitrogen and oxygen atoms in total. The van der Waals surface area contributed by atoms with Crippen molar-refractivity contribution in [2.45, 2.75) is 6.42 Å². The normalized spacial score (nSPS) is 11.6. The first kappa shape index (κ1) is 11.6. The van der Waals surface area contributed by atoms with Gasteiger partial charge in [-0.25, -0.2) is 5.14 Å². The van der Waals surface area contributed by atoms with Crippen LogP contribution in [0, 0.1) is 0 Å². The van der Waals surface area contributed by atoms with Gasteiger partial charge in [0.2, 0.25) is 0 Å². The highest BCUT2D eigenvalue weighted by atomic mass is 79.9. The Hall–Kier alpha value is -0.430.